The third kappa shape index (κ3) is 5.27. The molecule has 4 N–H and O–H groups in total. The molecule has 1 aromatic carbocycles. The Kier molecular flexibility index (Phi) is 6.14. The summed E-state index contributed by atoms with van der Waals surface area (Å²) in [4.78, 5) is 13.6. The van der Waals surface area contributed by atoms with Crippen molar-refractivity contribution >= 4 is 34.5 Å². The minimum atomic E-state index is -0.799. The van der Waals surface area contributed by atoms with E-state index in [1.165, 1.54) is 0 Å². The summed E-state index contributed by atoms with van der Waals surface area (Å²) in [5, 5.41) is 27.2. The molecular weight excluding hydrogens is 392 g/mol. The third-order valence-electron chi connectivity index (χ3n) is 4.47. The zero-order chi connectivity index (χ0) is 21.2. The molecule has 0 spiro atoms. The van der Waals surface area contributed by atoms with Crippen LogP contribution in [0.25, 0.3) is 11.2 Å². The molecule has 1 unspecified atom stereocenters. The quantitative estimate of drug-likeness (QED) is 0.440. The van der Waals surface area contributed by atoms with Crippen LogP contribution in [0.15, 0.2) is 24.5 Å². The van der Waals surface area contributed by atoms with E-state index >= 15 is 0 Å². The second-order valence-electron chi connectivity index (χ2n) is 7.79. The molecule has 0 fully saturated rings. The topological polar surface area (TPSA) is 108 Å². The molecule has 3 aromatic rings. The molecule has 0 saturated carbocycles. The number of fused-ring (bicyclic) bond motifs is 1. The zero-order valence-electron chi connectivity index (χ0n) is 17.1. The maximum Gasteiger partial charge on any atom is 0.226 e. The number of imidazole rings is 1. The second-order valence-corrected chi connectivity index (χ2v) is 8.22. The van der Waals surface area contributed by atoms with Crippen LogP contribution in [0.3, 0.4) is 0 Å². The van der Waals surface area contributed by atoms with Gasteiger partial charge in [-0.05, 0) is 52.3 Å². The van der Waals surface area contributed by atoms with Crippen molar-refractivity contribution in [3.63, 3.8) is 0 Å². The van der Waals surface area contributed by atoms with Crippen LogP contribution in [0.1, 0.15) is 39.7 Å². The van der Waals surface area contributed by atoms with Crippen molar-refractivity contribution in [3.05, 3.63) is 35.1 Å². The highest BCUT2D eigenvalue weighted by Gasteiger charge is 2.19. The molecule has 156 valence electrons. The Balaban J connectivity index is 1.90. The van der Waals surface area contributed by atoms with Crippen molar-refractivity contribution in [1.82, 2.24) is 19.5 Å². The smallest absolute Gasteiger partial charge is 0.226 e. The summed E-state index contributed by atoms with van der Waals surface area (Å²) < 4.78 is 1.94. The molecule has 0 aliphatic carbocycles. The number of nitrogens with one attached hydrogen (secondary N) is 2. The maximum atomic E-state index is 10.1. The molecular formula is C20H27ClN6O2. The maximum absolute atomic E-state index is 10.1. The largest absolute Gasteiger partial charge is 0.508 e. The van der Waals surface area contributed by atoms with Gasteiger partial charge in [-0.3, -0.25) is 0 Å². The predicted molar refractivity (Wildman–Crippen MR) is 115 cm³/mol. The van der Waals surface area contributed by atoms with Gasteiger partial charge in [-0.1, -0.05) is 11.6 Å². The monoisotopic (exact) mass is 418 g/mol. The first-order valence-electron chi connectivity index (χ1n) is 9.59. The summed E-state index contributed by atoms with van der Waals surface area (Å²) in [5.74, 6) is 1.16. The number of phenolic OH excluding ortho intramolecular Hbond substituents is 1. The number of nitrogens with zero attached hydrogens (tertiary/aromatic N) is 4. The van der Waals surface area contributed by atoms with Crippen LogP contribution < -0.4 is 10.6 Å². The fourth-order valence-electron chi connectivity index (χ4n) is 3.26. The van der Waals surface area contributed by atoms with E-state index in [4.69, 9.17) is 11.6 Å². The van der Waals surface area contributed by atoms with Crippen LogP contribution in [-0.2, 0) is 13.1 Å². The Hall–Kier alpha value is -2.58. The number of aromatic hydroxyl groups is 1. The predicted octanol–water partition coefficient (Wildman–Crippen LogP) is 3.78. The summed E-state index contributed by atoms with van der Waals surface area (Å²) in [7, 11) is 0. The van der Waals surface area contributed by atoms with Crippen LogP contribution in [-0.4, -0.2) is 41.4 Å². The molecule has 2 heterocycles. The molecule has 0 saturated heterocycles. The van der Waals surface area contributed by atoms with Gasteiger partial charge in [0.2, 0.25) is 5.95 Å². The van der Waals surface area contributed by atoms with Crippen LogP contribution in [0.4, 0.5) is 11.8 Å². The van der Waals surface area contributed by atoms with Gasteiger partial charge in [0.05, 0.1) is 11.9 Å². The number of aryl methyl sites for hydroxylation is 1. The van der Waals surface area contributed by atoms with Crippen LogP contribution in [0.2, 0.25) is 5.02 Å². The Morgan fingerprint density at radius 3 is 2.72 bits per heavy atom. The second kappa shape index (κ2) is 8.42. The van der Waals surface area contributed by atoms with Crippen molar-refractivity contribution in [2.24, 2.45) is 0 Å². The number of aromatic nitrogens is 4. The molecule has 8 nitrogen and oxygen atoms in total. The molecule has 1 atom stereocenters. The molecule has 0 aliphatic heterocycles. The molecule has 0 bridgehead atoms. The van der Waals surface area contributed by atoms with Gasteiger partial charge in [0.1, 0.15) is 5.75 Å². The minimum Gasteiger partial charge on any atom is -0.508 e. The van der Waals surface area contributed by atoms with E-state index in [0.29, 0.717) is 46.5 Å². The molecule has 0 aliphatic rings. The van der Waals surface area contributed by atoms with Gasteiger partial charge in [-0.25, -0.2) is 4.98 Å². The number of rotatable bonds is 8. The molecule has 29 heavy (non-hydrogen) atoms. The lowest BCUT2D eigenvalue weighted by Crippen LogP contribution is -2.29. The Morgan fingerprint density at radius 1 is 1.28 bits per heavy atom. The molecule has 2 aromatic heterocycles. The first-order valence-corrected chi connectivity index (χ1v) is 9.97. The van der Waals surface area contributed by atoms with E-state index in [1.807, 2.05) is 18.4 Å². The molecule has 9 heteroatoms. The number of halogens is 1. The lowest BCUT2D eigenvalue weighted by molar-refractivity contribution is 0.0672. The summed E-state index contributed by atoms with van der Waals surface area (Å²) in [6.07, 6.45) is 2.27. The average Bonchev–Trinajstić information content (AvgIpc) is 3.03. The van der Waals surface area contributed by atoms with Gasteiger partial charge in [-0.15, -0.1) is 0 Å². The van der Waals surface area contributed by atoms with E-state index in [2.05, 4.69) is 25.6 Å². The Labute approximate surface area is 175 Å². The van der Waals surface area contributed by atoms with Gasteiger partial charge < -0.3 is 25.4 Å². The lowest BCUT2D eigenvalue weighted by Gasteiger charge is -2.23. The van der Waals surface area contributed by atoms with Crippen molar-refractivity contribution in [1.29, 1.82) is 0 Å². The number of hydrogen-bond acceptors (Lipinski definition) is 7. The van der Waals surface area contributed by atoms with E-state index in [-0.39, 0.29) is 11.8 Å². The fraction of sp³-hybridized carbons (Fsp3) is 0.450. The van der Waals surface area contributed by atoms with Crippen LogP contribution >= 0.6 is 11.6 Å². The minimum absolute atomic E-state index is 0.0322. The fourth-order valence-corrected chi connectivity index (χ4v) is 3.45. The Morgan fingerprint density at radius 2 is 2.03 bits per heavy atom. The van der Waals surface area contributed by atoms with Gasteiger partial charge in [0, 0.05) is 29.7 Å². The van der Waals surface area contributed by atoms with Crippen molar-refractivity contribution in [3.8, 4) is 5.75 Å². The molecule has 3 rings (SSSR count). The van der Waals surface area contributed by atoms with Gasteiger partial charge in [0.25, 0.3) is 0 Å². The Bertz CT molecular complexity index is 999. The molecule has 0 radical (unpaired) electrons. The summed E-state index contributed by atoms with van der Waals surface area (Å²) in [6.45, 7) is 8.58. The zero-order valence-corrected chi connectivity index (χ0v) is 17.8. The highest BCUT2D eigenvalue weighted by Crippen LogP contribution is 2.25. The first-order chi connectivity index (χ1) is 13.7. The standard InChI is InChI=1S/C20H27ClN6O2/c1-5-27-11-23-16-17(22-10-13-8-14(21)6-7-15(13)28)25-19(26-18(16)27)24-12(2)9-20(3,4)29/h6-8,11-12,28-29H,5,9-10H2,1-4H3,(H2,22,24,25,26). The average molecular weight is 419 g/mol. The van der Waals surface area contributed by atoms with E-state index < -0.39 is 5.60 Å². The highest BCUT2D eigenvalue weighted by atomic mass is 35.5. The SMILES string of the molecule is CCn1cnc2c(NCc3cc(Cl)ccc3O)nc(NC(C)CC(C)(C)O)nc21. The lowest BCUT2D eigenvalue weighted by atomic mass is 10.0. The summed E-state index contributed by atoms with van der Waals surface area (Å²) in [5.41, 5.74) is 1.21. The van der Waals surface area contributed by atoms with Crippen molar-refractivity contribution in [2.45, 2.75) is 58.8 Å². The number of benzene rings is 1. The van der Waals surface area contributed by atoms with Gasteiger partial charge in [0.15, 0.2) is 17.0 Å². The number of anilines is 2. The molecule has 0 amide bonds. The van der Waals surface area contributed by atoms with E-state index in [9.17, 15) is 10.2 Å². The van der Waals surface area contributed by atoms with Crippen LogP contribution in [0, 0.1) is 0 Å². The first kappa shape index (κ1) is 21.1. The highest BCUT2D eigenvalue weighted by molar-refractivity contribution is 6.30. The third-order valence-corrected chi connectivity index (χ3v) is 4.71. The summed E-state index contributed by atoms with van der Waals surface area (Å²) in [6, 6.07) is 4.87. The number of aliphatic hydroxyl groups is 1. The summed E-state index contributed by atoms with van der Waals surface area (Å²) >= 11 is 6.04. The normalized spacial score (nSPS) is 12.9. The van der Waals surface area contributed by atoms with Crippen LogP contribution in [0.5, 0.6) is 5.75 Å². The van der Waals surface area contributed by atoms with E-state index in [1.54, 1.807) is 38.4 Å². The number of phenols is 1. The van der Waals surface area contributed by atoms with E-state index in [0.717, 1.165) is 6.54 Å². The number of hydrogen-bond donors (Lipinski definition) is 4. The van der Waals surface area contributed by atoms with Crippen molar-refractivity contribution in [2.75, 3.05) is 10.6 Å². The van der Waals surface area contributed by atoms with Crippen molar-refractivity contribution < 1.29 is 10.2 Å². The van der Waals surface area contributed by atoms with Gasteiger partial charge >= 0.3 is 0 Å². The van der Waals surface area contributed by atoms with Gasteiger partial charge in [-0.2, -0.15) is 9.97 Å².